The smallest absolute Gasteiger partial charge is 0.118 e. The molecule has 27 heavy (non-hydrogen) atoms. The summed E-state index contributed by atoms with van der Waals surface area (Å²) >= 11 is 1.69. The molecular weight excluding hydrogens is 386 g/mol. The summed E-state index contributed by atoms with van der Waals surface area (Å²) in [5, 5.41) is 3.88. The molecular formula is C23H26OP2S. The van der Waals surface area contributed by atoms with E-state index < -0.39 is 15.3 Å². The van der Waals surface area contributed by atoms with Gasteiger partial charge in [-0.3, -0.25) is 0 Å². The van der Waals surface area contributed by atoms with E-state index >= 15 is 0 Å². The van der Waals surface area contributed by atoms with E-state index in [4.69, 9.17) is 0 Å². The number of rotatable bonds is 8. The summed E-state index contributed by atoms with van der Waals surface area (Å²) in [6, 6.07) is 30.1. The molecule has 0 amide bonds. The minimum atomic E-state index is -1.17. The zero-order valence-electron chi connectivity index (χ0n) is 15.8. The normalized spacial score (nSPS) is 13.5. The summed E-state index contributed by atoms with van der Waals surface area (Å²) in [5.74, 6) is 0.997. The lowest BCUT2D eigenvalue weighted by atomic mass is 10.2. The molecule has 0 fully saturated rings. The molecule has 2 atom stereocenters. The number of benzene rings is 3. The summed E-state index contributed by atoms with van der Waals surface area (Å²) in [7, 11) is -1.72. The summed E-state index contributed by atoms with van der Waals surface area (Å²) in [4.78, 5) is 10.8. The van der Waals surface area contributed by atoms with Crippen molar-refractivity contribution < 1.29 is 4.89 Å². The molecule has 140 valence electrons. The van der Waals surface area contributed by atoms with Crippen LogP contribution in [0.1, 0.15) is 31.5 Å². The van der Waals surface area contributed by atoms with Crippen LogP contribution < -0.4 is 15.9 Å². The SMILES string of the molecule is CCCSP(O)c1ccccc1C(C)P(c1ccccc1)c1ccccc1. The molecule has 4 heteroatoms. The Kier molecular flexibility index (Phi) is 7.92. The third-order valence-corrected chi connectivity index (χ3v) is 10.8. The van der Waals surface area contributed by atoms with Crippen molar-refractivity contribution in [3.63, 3.8) is 0 Å². The average molecular weight is 412 g/mol. The van der Waals surface area contributed by atoms with Gasteiger partial charge in [0.05, 0.1) is 0 Å². The molecule has 0 aliphatic rings. The zero-order valence-corrected chi connectivity index (χ0v) is 18.4. The van der Waals surface area contributed by atoms with Crippen LogP contribution in [0.25, 0.3) is 0 Å². The topological polar surface area (TPSA) is 20.2 Å². The predicted molar refractivity (Wildman–Crippen MR) is 125 cm³/mol. The van der Waals surface area contributed by atoms with Gasteiger partial charge in [0, 0.05) is 11.0 Å². The molecule has 0 bridgehead atoms. The van der Waals surface area contributed by atoms with Crippen LogP contribution in [0.5, 0.6) is 0 Å². The monoisotopic (exact) mass is 412 g/mol. The fourth-order valence-electron chi connectivity index (χ4n) is 3.17. The molecule has 1 N–H and O–H groups in total. The van der Waals surface area contributed by atoms with E-state index in [0.29, 0.717) is 5.66 Å². The van der Waals surface area contributed by atoms with Gasteiger partial charge in [0.1, 0.15) is 7.35 Å². The fraction of sp³-hybridized carbons (Fsp3) is 0.217. The molecule has 3 aromatic carbocycles. The first kappa shape index (κ1) is 20.6. The van der Waals surface area contributed by atoms with Gasteiger partial charge in [-0.25, -0.2) is 0 Å². The van der Waals surface area contributed by atoms with E-state index in [1.165, 1.54) is 16.2 Å². The lowest BCUT2D eigenvalue weighted by Crippen LogP contribution is -2.19. The third kappa shape index (κ3) is 5.21. The van der Waals surface area contributed by atoms with E-state index in [9.17, 15) is 4.89 Å². The van der Waals surface area contributed by atoms with Gasteiger partial charge in [-0.15, -0.1) is 11.4 Å². The summed E-state index contributed by atoms with van der Waals surface area (Å²) < 4.78 is 0. The fourth-order valence-corrected chi connectivity index (χ4v) is 9.14. The van der Waals surface area contributed by atoms with Crippen molar-refractivity contribution in [2.45, 2.75) is 25.9 Å². The second-order valence-electron chi connectivity index (χ2n) is 6.38. The Bertz CT molecular complexity index is 787. The molecule has 0 radical (unpaired) electrons. The van der Waals surface area contributed by atoms with E-state index in [1.807, 2.05) is 0 Å². The van der Waals surface area contributed by atoms with Crippen LogP contribution in [0, 0.1) is 0 Å². The van der Waals surface area contributed by atoms with Crippen LogP contribution in [0.15, 0.2) is 84.9 Å². The van der Waals surface area contributed by atoms with E-state index in [0.717, 1.165) is 17.5 Å². The minimum Gasteiger partial charge on any atom is -0.359 e. The zero-order chi connectivity index (χ0) is 19.1. The molecule has 2 unspecified atom stereocenters. The highest BCUT2D eigenvalue weighted by atomic mass is 32.7. The molecule has 0 saturated carbocycles. The highest BCUT2D eigenvalue weighted by Gasteiger charge is 2.26. The van der Waals surface area contributed by atoms with Crippen molar-refractivity contribution in [3.8, 4) is 0 Å². The van der Waals surface area contributed by atoms with Crippen LogP contribution >= 0.6 is 26.7 Å². The van der Waals surface area contributed by atoms with Gasteiger partial charge in [-0.2, -0.15) is 0 Å². The second-order valence-corrected chi connectivity index (χ2v) is 12.4. The quantitative estimate of drug-likeness (QED) is 0.461. The van der Waals surface area contributed by atoms with Gasteiger partial charge in [-0.1, -0.05) is 98.8 Å². The minimum absolute atomic E-state index is 0.334. The van der Waals surface area contributed by atoms with E-state index in [2.05, 4.69) is 98.8 Å². The highest BCUT2D eigenvalue weighted by Crippen LogP contribution is 2.52. The van der Waals surface area contributed by atoms with Crippen molar-refractivity contribution >= 4 is 42.6 Å². The van der Waals surface area contributed by atoms with Crippen LogP contribution in [-0.2, 0) is 0 Å². The Labute approximate surface area is 169 Å². The van der Waals surface area contributed by atoms with E-state index in [-0.39, 0.29) is 0 Å². The Hall–Kier alpha value is -1.17. The Balaban J connectivity index is 2.02. The molecule has 0 heterocycles. The van der Waals surface area contributed by atoms with Gasteiger partial charge in [0.25, 0.3) is 0 Å². The Morgan fingerprint density at radius 2 is 1.33 bits per heavy atom. The molecule has 3 aromatic rings. The molecule has 0 aliphatic carbocycles. The molecule has 1 nitrogen and oxygen atoms in total. The first-order chi connectivity index (χ1) is 13.2. The van der Waals surface area contributed by atoms with Crippen molar-refractivity contribution in [1.29, 1.82) is 0 Å². The Morgan fingerprint density at radius 1 is 0.815 bits per heavy atom. The molecule has 0 aliphatic heterocycles. The van der Waals surface area contributed by atoms with Gasteiger partial charge < -0.3 is 4.89 Å². The molecule has 0 saturated heterocycles. The average Bonchev–Trinajstić information content (AvgIpc) is 2.73. The van der Waals surface area contributed by atoms with E-state index in [1.54, 1.807) is 11.4 Å². The Morgan fingerprint density at radius 3 is 1.89 bits per heavy atom. The maximum absolute atomic E-state index is 10.8. The van der Waals surface area contributed by atoms with Gasteiger partial charge in [0.2, 0.25) is 0 Å². The first-order valence-electron chi connectivity index (χ1n) is 9.32. The van der Waals surface area contributed by atoms with Crippen molar-refractivity contribution in [2.75, 3.05) is 5.75 Å². The summed E-state index contributed by atoms with van der Waals surface area (Å²) in [5.41, 5.74) is 1.62. The van der Waals surface area contributed by atoms with Crippen molar-refractivity contribution in [2.24, 2.45) is 0 Å². The summed E-state index contributed by atoms with van der Waals surface area (Å²) in [6.07, 6.45) is 1.09. The van der Waals surface area contributed by atoms with Gasteiger partial charge >= 0.3 is 0 Å². The van der Waals surface area contributed by atoms with Gasteiger partial charge in [0.15, 0.2) is 0 Å². The van der Waals surface area contributed by atoms with Crippen molar-refractivity contribution in [3.05, 3.63) is 90.5 Å². The lowest BCUT2D eigenvalue weighted by Gasteiger charge is -2.28. The number of hydrogen-bond donors (Lipinski definition) is 1. The predicted octanol–water partition coefficient (Wildman–Crippen LogP) is 5.95. The first-order valence-corrected chi connectivity index (χ1v) is 13.6. The molecule has 0 spiro atoms. The maximum atomic E-state index is 10.8. The number of hydrogen-bond acceptors (Lipinski definition) is 2. The second kappa shape index (κ2) is 10.4. The highest BCUT2D eigenvalue weighted by molar-refractivity contribution is 8.56. The van der Waals surface area contributed by atoms with Crippen LogP contribution in [0.2, 0.25) is 0 Å². The standard InChI is InChI=1S/C23H26OP2S/c1-3-18-27-26(24)23-17-11-10-16-22(23)19(2)25(20-12-6-4-7-13-20)21-14-8-5-9-15-21/h4-17,19,24H,3,18H2,1-2H3. The summed E-state index contributed by atoms with van der Waals surface area (Å²) in [6.45, 7) is 4.48. The van der Waals surface area contributed by atoms with Gasteiger partial charge in [-0.05, 0) is 36.3 Å². The molecule has 3 rings (SSSR count). The van der Waals surface area contributed by atoms with Crippen LogP contribution in [0.4, 0.5) is 0 Å². The maximum Gasteiger partial charge on any atom is 0.118 e. The molecule has 0 aromatic heterocycles. The van der Waals surface area contributed by atoms with Crippen molar-refractivity contribution in [1.82, 2.24) is 0 Å². The lowest BCUT2D eigenvalue weighted by molar-refractivity contribution is 0.650. The largest absolute Gasteiger partial charge is 0.359 e. The van der Waals surface area contributed by atoms with Crippen LogP contribution in [0.3, 0.4) is 0 Å². The third-order valence-electron chi connectivity index (χ3n) is 4.47. The van der Waals surface area contributed by atoms with Crippen LogP contribution in [-0.4, -0.2) is 10.6 Å².